The van der Waals surface area contributed by atoms with E-state index >= 15 is 0 Å². The molecule has 1 rings (SSSR count). The zero-order chi connectivity index (χ0) is 8.27. The van der Waals surface area contributed by atoms with Crippen LogP contribution in [0, 0.1) is 0 Å². The molecule has 1 aliphatic heterocycles. The highest BCUT2D eigenvalue weighted by Gasteiger charge is 2.19. The van der Waals surface area contributed by atoms with E-state index in [4.69, 9.17) is 0 Å². The van der Waals surface area contributed by atoms with Gasteiger partial charge in [-0.3, -0.25) is 4.21 Å². The molecule has 3 unspecified atom stereocenters. The van der Waals surface area contributed by atoms with Crippen molar-refractivity contribution in [2.24, 2.45) is 0 Å². The summed E-state index contributed by atoms with van der Waals surface area (Å²) in [5.74, 6) is 0.845. The zero-order valence-electron chi connectivity index (χ0n) is 7.30. The molecule has 0 aromatic rings. The van der Waals surface area contributed by atoms with Gasteiger partial charge >= 0.3 is 0 Å². The Kier molecular flexibility index (Phi) is 3.52. The molecule has 0 radical (unpaired) electrons. The maximum atomic E-state index is 11.5. The second kappa shape index (κ2) is 4.21. The van der Waals surface area contributed by atoms with Crippen LogP contribution in [0.2, 0.25) is 0 Å². The Morgan fingerprint density at radius 3 is 3.00 bits per heavy atom. The predicted octanol–water partition coefficient (Wildman–Crippen LogP) is 0.895. The van der Waals surface area contributed by atoms with E-state index in [2.05, 4.69) is 19.2 Å². The molecule has 2 nitrogen and oxygen atoms in total. The molecule has 66 valence electrons. The van der Waals surface area contributed by atoms with E-state index < -0.39 is 10.8 Å². The van der Waals surface area contributed by atoms with Crippen molar-refractivity contribution in [3.05, 3.63) is 0 Å². The smallest absolute Gasteiger partial charge is 0.0391 e. The fraction of sp³-hybridized carbons (Fsp3) is 1.00. The molecular formula is C8H17NOS. The van der Waals surface area contributed by atoms with Crippen molar-refractivity contribution in [3.63, 3.8) is 0 Å². The summed E-state index contributed by atoms with van der Waals surface area (Å²) < 4.78 is 11.5. The number of hydrogen-bond donors (Lipinski definition) is 1. The Balaban J connectivity index is 2.48. The minimum Gasteiger partial charge on any atom is -0.313 e. The highest BCUT2D eigenvalue weighted by molar-refractivity contribution is 7.85. The third-order valence-electron chi connectivity index (χ3n) is 2.29. The van der Waals surface area contributed by atoms with Crippen LogP contribution in [0.25, 0.3) is 0 Å². The second-order valence-electron chi connectivity index (χ2n) is 3.21. The van der Waals surface area contributed by atoms with Gasteiger partial charge in [0.15, 0.2) is 0 Å². The lowest BCUT2D eigenvalue weighted by atomic mass is 10.2. The number of nitrogens with one attached hydrogen (secondary N) is 1. The topological polar surface area (TPSA) is 29.1 Å². The quantitative estimate of drug-likeness (QED) is 0.641. The summed E-state index contributed by atoms with van der Waals surface area (Å²) in [7, 11) is -0.595. The van der Waals surface area contributed by atoms with E-state index in [1.807, 2.05) is 0 Å². The average Bonchev–Trinajstić information content (AvgIpc) is 2.15. The summed E-state index contributed by atoms with van der Waals surface area (Å²) in [6.45, 7) is 5.26. The minimum absolute atomic E-state index is 0.388. The fourth-order valence-electron chi connectivity index (χ4n) is 1.31. The first kappa shape index (κ1) is 9.20. The van der Waals surface area contributed by atoms with E-state index in [1.165, 1.54) is 0 Å². The minimum atomic E-state index is -0.595. The van der Waals surface area contributed by atoms with E-state index in [0.29, 0.717) is 11.3 Å². The lowest BCUT2D eigenvalue weighted by Crippen LogP contribution is -2.31. The van der Waals surface area contributed by atoms with Crippen LogP contribution in [-0.2, 0) is 10.8 Å². The molecule has 3 heteroatoms. The van der Waals surface area contributed by atoms with E-state index in [-0.39, 0.29) is 0 Å². The van der Waals surface area contributed by atoms with Crippen LogP contribution in [0.3, 0.4) is 0 Å². The fourth-order valence-corrected chi connectivity index (χ4v) is 2.77. The first-order chi connectivity index (χ1) is 5.24. The van der Waals surface area contributed by atoms with Gasteiger partial charge in [0, 0.05) is 27.8 Å². The average molecular weight is 175 g/mol. The molecule has 0 aromatic heterocycles. The van der Waals surface area contributed by atoms with Crippen LogP contribution in [-0.4, -0.2) is 27.8 Å². The highest BCUT2D eigenvalue weighted by Crippen LogP contribution is 2.08. The third-order valence-corrected chi connectivity index (χ3v) is 4.16. The van der Waals surface area contributed by atoms with Gasteiger partial charge in [-0.1, -0.05) is 13.8 Å². The summed E-state index contributed by atoms with van der Waals surface area (Å²) in [6, 6.07) is 0.487. The largest absolute Gasteiger partial charge is 0.313 e. The first-order valence-corrected chi connectivity index (χ1v) is 5.72. The van der Waals surface area contributed by atoms with Crippen LogP contribution in [0.5, 0.6) is 0 Å². The second-order valence-corrected chi connectivity index (χ2v) is 5.11. The van der Waals surface area contributed by atoms with Crippen molar-refractivity contribution in [2.45, 2.75) is 38.0 Å². The lowest BCUT2D eigenvalue weighted by molar-refractivity contribution is 0.541. The Bertz CT molecular complexity index is 149. The molecule has 1 fully saturated rings. The van der Waals surface area contributed by atoms with Crippen molar-refractivity contribution < 1.29 is 4.21 Å². The molecule has 1 saturated heterocycles. The van der Waals surface area contributed by atoms with Crippen LogP contribution in [0.4, 0.5) is 0 Å². The molecular weight excluding hydrogens is 158 g/mol. The number of rotatable bonds is 1. The molecule has 1 aliphatic rings. The van der Waals surface area contributed by atoms with Gasteiger partial charge in [0.1, 0.15) is 0 Å². The van der Waals surface area contributed by atoms with E-state index in [0.717, 1.165) is 25.1 Å². The normalized spacial score (nSPS) is 40.0. The summed E-state index contributed by atoms with van der Waals surface area (Å²) in [5, 5.41) is 3.79. The van der Waals surface area contributed by atoms with Crippen molar-refractivity contribution in [1.29, 1.82) is 0 Å². The van der Waals surface area contributed by atoms with Gasteiger partial charge in [0.2, 0.25) is 0 Å². The van der Waals surface area contributed by atoms with Crippen LogP contribution < -0.4 is 5.32 Å². The highest BCUT2D eigenvalue weighted by atomic mass is 32.2. The lowest BCUT2D eigenvalue weighted by Gasteiger charge is -2.11. The maximum Gasteiger partial charge on any atom is 0.0391 e. The van der Waals surface area contributed by atoms with Crippen molar-refractivity contribution in [2.75, 3.05) is 12.3 Å². The van der Waals surface area contributed by atoms with E-state index in [1.54, 1.807) is 0 Å². The molecule has 0 aromatic carbocycles. The molecule has 3 atom stereocenters. The molecule has 1 N–H and O–H groups in total. The summed E-state index contributed by atoms with van der Waals surface area (Å²) >= 11 is 0. The van der Waals surface area contributed by atoms with Gasteiger partial charge in [0.05, 0.1) is 0 Å². The number of hydrogen-bond acceptors (Lipinski definition) is 2. The Labute approximate surface area is 71.2 Å². The van der Waals surface area contributed by atoms with Gasteiger partial charge in [-0.2, -0.15) is 0 Å². The SMILES string of the molecule is CCC1CS(=O)C(C)CCN1. The van der Waals surface area contributed by atoms with Crippen molar-refractivity contribution >= 4 is 10.8 Å². The molecule has 0 bridgehead atoms. The molecule has 0 aliphatic carbocycles. The van der Waals surface area contributed by atoms with E-state index in [9.17, 15) is 4.21 Å². The van der Waals surface area contributed by atoms with Crippen LogP contribution in [0.15, 0.2) is 0 Å². The van der Waals surface area contributed by atoms with Gasteiger partial charge in [-0.15, -0.1) is 0 Å². The van der Waals surface area contributed by atoms with Crippen LogP contribution in [0.1, 0.15) is 26.7 Å². The molecule has 0 spiro atoms. The van der Waals surface area contributed by atoms with Crippen molar-refractivity contribution in [1.82, 2.24) is 5.32 Å². The third kappa shape index (κ3) is 2.56. The summed E-state index contributed by atoms with van der Waals surface area (Å²) in [4.78, 5) is 0. The van der Waals surface area contributed by atoms with Gasteiger partial charge in [0.25, 0.3) is 0 Å². The summed E-state index contributed by atoms with van der Waals surface area (Å²) in [5.41, 5.74) is 0. The maximum absolute atomic E-state index is 11.5. The predicted molar refractivity (Wildman–Crippen MR) is 49.2 cm³/mol. The van der Waals surface area contributed by atoms with Gasteiger partial charge < -0.3 is 5.32 Å². The first-order valence-electron chi connectivity index (χ1n) is 4.34. The molecule has 0 saturated carbocycles. The Hall–Kier alpha value is 0.110. The zero-order valence-corrected chi connectivity index (χ0v) is 8.12. The molecule has 1 heterocycles. The van der Waals surface area contributed by atoms with Crippen LogP contribution >= 0.6 is 0 Å². The summed E-state index contributed by atoms with van der Waals surface area (Å²) in [6.07, 6.45) is 2.15. The van der Waals surface area contributed by atoms with Crippen molar-refractivity contribution in [3.8, 4) is 0 Å². The molecule has 11 heavy (non-hydrogen) atoms. The van der Waals surface area contributed by atoms with Gasteiger partial charge in [-0.25, -0.2) is 0 Å². The van der Waals surface area contributed by atoms with Gasteiger partial charge in [-0.05, 0) is 19.4 Å². The standard InChI is InChI=1S/C8H17NOS/c1-3-8-6-11(10)7(2)4-5-9-8/h7-9H,3-6H2,1-2H3. The Morgan fingerprint density at radius 2 is 2.36 bits per heavy atom. The monoisotopic (exact) mass is 175 g/mol. The Morgan fingerprint density at radius 1 is 1.64 bits per heavy atom. The molecule has 0 amide bonds.